The molecule has 2 saturated heterocycles. The van der Waals surface area contributed by atoms with Crippen LogP contribution in [0, 0.1) is 18.2 Å². The molecule has 6 heterocycles. The number of hydrogen-bond donors (Lipinski definition) is 6. The Morgan fingerprint density at radius 2 is 1.69 bits per heavy atom. The molecule has 2 saturated carbocycles. The van der Waals surface area contributed by atoms with Gasteiger partial charge < -0.3 is 40.9 Å². The topological polar surface area (TPSA) is 244 Å². The highest BCUT2D eigenvalue weighted by Crippen LogP contribution is 2.42. The highest BCUT2D eigenvalue weighted by atomic mass is 32.1. The molecule has 442 valence electrons. The third-order valence-corrected chi connectivity index (χ3v) is 17.1. The van der Waals surface area contributed by atoms with Gasteiger partial charge in [-0.05, 0) is 80.7 Å². The molecule has 3 atom stereocenters. The molecule has 0 unspecified atom stereocenters. The second-order valence-corrected chi connectivity index (χ2v) is 24.5. The summed E-state index contributed by atoms with van der Waals surface area (Å²) in [6.45, 7) is 10.5. The molecular weight excluding hydrogens is 1080 g/mol. The predicted molar refractivity (Wildman–Crippen MR) is 310 cm³/mol. The SMILES string of the molecule is Cc1ncsc1-c1ccc(CNC(=O)[C@@H]2C[C@@H](O)CN2C(=O)[C@@H](NC(=O)C2(F)CC2)C(C)(C)C)c(OCCCCCCCCCNC(=O)CN2CCN(C(=O)c3ccc(Nc4nc(C5CC5)cn5c(-c6cn[nH]c6)cnc45)c(F)c3)CC2)c1. The van der Waals surface area contributed by atoms with Gasteiger partial charge in [0, 0.05) is 87.2 Å². The largest absolute Gasteiger partial charge is 0.493 e. The van der Waals surface area contributed by atoms with E-state index in [-0.39, 0.29) is 62.0 Å². The van der Waals surface area contributed by atoms with Gasteiger partial charge in [0.2, 0.25) is 17.7 Å². The second kappa shape index (κ2) is 25.6. The number of H-pyrrole nitrogens is 1. The molecule has 2 aromatic carbocycles. The van der Waals surface area contributed by atoms with Crippen molar-refractivity contribution in [2.45, 2.75) is 141 Å². The van der Waals surface area contributed by atoms with Gasteiger partial charge in [0.1, 0.15) is 23.7 Å². The smallest absolute Gasteiger partial charge is 0.258 e. The van der Waals surface area contributed by atoms with Crippen molar-refractivity contribution in [3.8, 4) is 27.4 Å². The lowest BCUT2D eigenvalue weighted by Crippen LogP contribution is -2.59. The number of β-amino-alcohol motifs (C(OH)–C–C–N with tert-alkyl or cyclic N) is 1. The van der Waals surface area contributed by atoms with Crippen molar-refractivity contribution in [3.05, 3.63) is 95.0 Å². The number of halogens is 2. The number of aliphatic hydroxyl groups excluding tert-OH is 1. The third-order valence-electron chi connectivity index (χ3n) is 16.1. The number of piperazine rings is 1. The zero-order valence-corrected chi connectivity index (χ0v) is 48.5. The summed E-state index contributed by atoms with van der Waals surface area (Å²) in [5.41, 5.74) is 5.20. The van der Waals surface area contributed by atoms with Crippen LogP contribution in [0.5, 0.6) is 5.75 Å². The predicted octanol–water partition coefficient (Wildman–Crippen LogP) is 7.61. The number of carbonyl (C=O) groups is 5. The maximum atomic E-state index is 15.7. The summed E-state index contributed by atoms with van der Waals surface area (Å²) >= 11 is 1.53. The molecule has 4 fully saturated rings. The molecule has 0 spiro atoms. The highest BCUT2D eigenvalue weighted by molar-refractivity contribution is 7.13. The molecule has 20 nitrogen and oxygen atoms in total. The van der Waals surface area contributed by atoms with Gasteiger partial charge in [-0.3, -0.25) is 38.4 Å². The molecule has 83 heavy (non-hydrogen) atoms. The van der Waals surface area contributed by atoms with E-state index in [9.17, 15) is 33.5 Å². The lowest BCUT2D eigenvalue weighted by Gasteiger charge is -2.35. The Balaban J connectivity index is 0.613. The number of rotatable bonds is 25. The normalized spacial score (nSPS) is 18.3. The first-order valence-electron chi connectivity index (χ1n) is 29.1. The van der Waals surface area contributed by atoms with E-state index in [0.29, 0.717) is 62.5 Å². The van der Waals surface area contributed by atoms with Gasteiger partial charge in [-0.25, -0.2) is 23.7 Å². The van der Waals surface area contributed by atoms with Crippen molar-refractivity contribution >= 4 is 58.0 Å². The number of nitrogens with zero attached hydrogens (tertiary/aromatic N) is 8. The molecule has 10 rings (SSSR count). The number of imidazole rings is 1. The number of carbonyl (C=O) groups excluding carboxylic acids is 5. The molecule has 2 aliphatic heterocycles. The van der Waals surface area contributed by atoms with Crippen molar-refractivity contribution in [2.24, 2.45) is 5.41 Å². The number of hydrogen-bond acceptors (Lipinski definition) is 14. The summed E-state index contributed by atoms with van der Waals surface area (Å²) in [6.07, 6.45) is 15.4. The number of aliphatic hydroxyl groups is 1. The average Bonchev–Trinajstić information content (AvgIpc) is 4.39. The van der Waals surface area contributed by atoms with Crippen LogP contribution in [-0.2, 0) is 25.7 Å². The Labute approximate surface area is 485 Å². The van der Waals surface area contributed by atoms with Crippen LogP contribution in [0.4, 0.5) is 20.3 Å². The van der Waals surface area contributed by atoms with Gasteiger partial charge in [0.05, 0.1) is 64.8 Å². The zero-order chi connectivity index (χ0) is 58.4. The van der Waals surface area contributed by atoms with E-state index in [1.807, 2.05) is 40.6 Å². The minimum Gasteiger partial charge on any atom is -0.493 e. The minimum atomic E-state index is -1.98. The lowest BCUT2D eigenvalue weighted by atomic mass is 9.85. The first kappa shape index (κ1) is 58.8. The number of fused-ring (bicyclic) bond motifs is 1. The fraction of sp³-hybridized carbons (Fsp3) is 0.517. The zero-order valence-electron chi connectivity index (χ0n) is 47.6. The van der Waals surface area contributed by atoms with E-state index < -0.39 is 52.8 Å². The summed E-state index contributed by atoms with van der Waals surface area (Å²) in [6, 6.07) is 8.19. The van der Waals surface area contributed by atoms with Crippen LogP contribution in [0.3, 0.4) is 0 Å². The molecule has 6 N–H and O–H groups in total. The number of thiazole rings is 1. The number of likely N-dealkylation sites (tertiary alicyclic amines) is 1. The summed E-state index contributed by atoms with van der Waals surface area (Å²) in [4.78, 5) is 86.8. The number of unbranched alkanes of at least 4 members (excludes halogenated alkanes) is 6. The Morgan fingerprint density at radius 3 is 2.37 bits per heavy atom. The molecule has 4 aromatic heterocycles. The number of amides is 5. The van der Waals surface area contributed by atoms with Gasteiger partial charge in [0.25, 0.3) is 11.8 Å². The van der Waals surface area contributed by atoms with Crippen LogP contribution in [0.25, 0.3) is 27.3 Å². The summed E-state index contributed by atoms with van der Waals surface area (Å²) in [7, 11) is 0. The quantitative estimate of drug-likeness (QED) is 0.0303. The van der Waals surface area contributed by atoms with Gasteiger partial charge in [-0.15, -0.1) is 11.3 Å². The van der Waals surface area contributed by atoms with E-state index in [2.05, 4.69) is 41.4 Å². The van der Waals surface area contributed by atoms with Crippen molar-refractivity contribution in [2.75, 3.05) is 57.7 Å². The van der Waals surface area contributed by atoms with Gasteiger partial charge in [-0.1, -0.05) is 65.0 Å². The summed E-state index contributed by atoms with van der Waals surface area (Å²) in [5.74, 6) is -1.33. The highest BCUT2D eigenvalue weighted by Gasteiger charge is 2.53. The lowest BCUT2D eigenvalue weighted by molar-refractivity contribution is -0.145. The number of benzene rings is 2. The molecule has 2 aliphatic carbocycles. The van der Waals surface area contributed by atoms with Crippen LogP contribution in [0.2, 0.25) is 0 Å². The van der Waals surface area contributed by atoms with E-state index in [0.717, 1.165) is 96.4 Å². The summed E-state index contributed by atoms with van der Waals surface area (Å²) < 4.78 is 38.7. The van der Waals surface area contributed by atoms with Crippen LogP contribution in [0.15, 0.2) is 66.7 Å². The number of ether oxygens (including phenoxy) is 1. The van der Waals surface area contributed by atoms with E-state index >= 15 is 4.39 Å². The number of nitrogens with one attached hydrogen (secondary N) is 5. The van der Waals surface area contributed by atoms with Crippen LogP contribution in [0.1, 0.15) is 131 Å². The Hall–Kier alpha value is -7.37. The molecule has 0 bridgehead atoms. The first-order chi connectivity index (χ1) is 39.9. The minimum absolute atomic E-state index is 0.0252. The van der Waals surface area contributed by atoms with Crippen LogP contribution >= 0.6 is 11.3 Å². The molecular formula is C60H75F2N13O7S. The maximum Gasteiger partial charge on any atom is 0.258 e. The third kappa shape index (κ3) is 14.4. The Kier molecular flexibility index (Phi) is 18.2. The number of aryl methyl sites for hydroxylation is 1. The second-order valence-electron chi connectivity index (χ2n) is 23.6. The van der Waals surface area contributed by atoms with Gasteiger partial charge in [0.15, 0.2) is 17.1 Å². The number of anilines is 2. The fourth-order valence-corrected chi connectivity index (χ4v) is 11.6. The molecule has 6 aromatic rings. The van der Waals surface area contributed by atoms with Crippen molar-refractivity contribution in [3.63, 3.8) is 0 Å². The van der Waals surface area contributed by atoms with Gasteiger partial charge >= 0.3 is 0 Å². The van der Waals surface area contributed by atoms with Crippen LogP contribution in [-0.4, -0.2) is 155 Å². The molecule has 5 amide bonds. The van der Waals surface area contributed by atoms with Crippen molar-refractivity contribution in [1.29, 1.82) is 0 Å². The number of aromatic amines is 1. The first-order valence-corrected chi connectivity index (χ1v) is 29.9. The molecule has 23 heteroatoms. The van der Waals surface area contributed by atoms with E-state index in [4.69, 9.17) is 9.72 Å². The van der Waals surface area contributed by atoms with Gasteiger partial charge in [-0.2, -0.15) is 5.10 Å². The van der Waals surface area contributed by atoms with E-state index in [1.165, 1.54) is 22.3 Å². The van der Waals surface area contributed by atoms with Crippen LogP contribution < -0.4 is 26.0 Å². The maximum absolute atomic E-state index is 15.7. The Morgan fingerprint density at radius 1 is 0.928 bits per heavy atom. The molecule has 0 radical (unpaired) electrons. The van der Waals surface area contributed by atoms with Crippen molar-refractivity contribution < 1.29 is 42.6 Å². The number of aromatic nitrogens is 6. The number of alkyl halides is 1. The van der Waals surface area contributed by atoms with E-state index in [1.54, 1.807) is 61.9 Å². The fourth-order valence-electron chi connectivity index (χ4n) is 10.8. The summed E-state index contributed by atoms with van der Waals surface area (Å²) in [5, 5.41) is 29.3. The molecule has 4 aliphatic rings. The monoisotopic (exact) mass is 1160 g/mol. The average molecular weight is 1160 g/mol. The van der Waals surface area contributed by atoms with Crippen molar-refractivity contribution in [1.82, 2.24) is 60.2 Å². The Bertz CT molecular complexity index is 3290. The standard InChI is InChI=1S/C60H75F2N13O7S/c1-37-51(83-36-66-37)39-14-15-41(29-65-55(78)47-28-43(76)33-75(47)57(80)52(59(2,3)4)71-58(81)60(62)18-19-60)49(27-39)82-25-11-9-7-5-6-8-10-20-63-50(77)35-72-21-23-73(24-22-72)56(79)40-16-17-45(44(61)26-40)69-53-54-64-32-48(42-30-67-68-31-42)74(54)34-46(70-53)38-12-13-38/h14-17,26-27,30-32,34,36,38,43,47,52,76H,5-13,18-25,28-29,33,35H2,1-4H3,(H,63,77)(H,65,78)(H,67,68)(H,69,70)(H,71,81)/t43-,47+,52-/m1/s1.